The summed E-state index contributed by atoms with van der Waals surface area (Å²) in [6.45, 7) is 0.176. The van der Waals surface area contributed by atoms with Gasteiger partial charge in [0.2, 0.25) is 5.91 Å². The van der Waals surface area contributed by atoms with Crippen molar-refractivity contribution in [1.29, 1.82) is 0 Å². The summed E-state index contributed by atoms with van der Waals surface area (Å²) in [6.07, 6.45) is 6.68. The Kier molecular flexibility index (Phi) is 6.00. The Bertz CT molecular complexity index is 832. The molecule has 0 radical (unpaired) electrons. The zero-order chi connectivity index (χ0) is 19.1. The number of benzene rings is 2. The van der Waals surface area contributed by atoms with Crippen LogP contribution < -0.4 is 5.32 Å². The zero-order valence-corrected chi connectivity index (χ0v) is 15.1. The van der Waals surface area contributed by atoms with Gasteiger partial charge in [0.25, 0.3) is 0 Å². The number of hydrogen-bond acceptors (Lipinski definition) is 4. The summed E-state index contributed by atoms with van der Waals surface area (Å²) in [6, 6.07) is 17.8. The highest BCUT2D eigenvalue weighted by Crippen LogP contribution is 2.37. The smallest absolute Gasteiger partial charge is 0.220 e. The van der Waals surface area contributed by atoms with Crippen molar-refractivity contribution in [2.45, 2.75) is 37.5 Å². The predicted molar refractivity (Wildman–Crippen MR) is 105 cm³/mol. The monoisotopic (exact) mass is 361 g/mol. The number of carbonyl (C=O) groups is 1. The maximum absolute atomic E-state index is 12.0. The molecule has 0 fully saturated rings. The van der Waals surface area contributed by atoms with Gasteiger partial charge in [0.05, 0.1) is 6.10 Å². The van der Waals surface area contributed by atoms with Crippen LogP contribution in [0.25, 0.3) is 11.1 Å². The molecule has 27 heavy (non-hydrogen) atoms. The molecule has 3 rings (SSSR count). The second-order valence-electron chi connectivity index (χ2n) is 6.69. The van der Waals surface area contributed by atoms with Gasteiger partial charge >= 0.3 is 0 Å². The molecule has 0 spiro atoms. The van der Waals surface area contributed by atoms with Gasteiger partial charge in [-0.3, -0.25) is 4.79 Å². The summed E-state index contributed by atoms with van der Waals surface area (Å²) >= 11 is 0. The average molecular weight is 361 g/mol. The molecule has 1 atom stereocenters. The van der Waals surface area contributed by atoms with Gasteiger partial charge in [-0.25, -0.2) is 0 Å². The van der Waals surface area contributed by atoms with E-state index >= 15 is 0 Å². The number of terminal acetylenes is 1. The van der Waals surface area contributed by atoms with Crippen LogP contribution in [0, 0.1) is 12.3 Å². The van der Waals surface area contributed by atoms with Crippen LogP contribution in [-0.4, -0.2) is 23.2 Å². The summed E-state index contributed by atoms with van der Waals surface area (Å²) < 4.78 is 0. The second-order valence-corrected chi connectivity index (χ2v) is 6.69. The van der Waals surface area contributed by atoms with E-state index in [1.165, 1.54) is 0 Å². The summed E-state index contributed by atoms with van der Waals surface area (Å²) in [4.78, 5) is 12.0. The quantitative estimate of drug-likeness (QED) is 0.666. The van der Waals surface area contributed by atoms with Crippen molar-refractivity contribution >= 4 is 5.91 Å². The molecule has 5 nitrogen and oxygen atoms in total. The van der Waals surface area contributed by atoms with Gasteiger partial charge < -0.3 is 10.4 Å². The molecule has 138 valence electrons. The molecule has 1 aliphatic rings. The normalized spacial score (nSPS) is 15.0. The Labute approximate surface area is 159 Å². The van der Waals surface area contributed by atoms with Crippen LogP contribution in [0.4, 0.5) is 0 Å². The fourth-order valence-electron chi connectivity index (χ4n) is 2.93. The van der Waals surface area contributed by atoms with E-state index in [9.17, 15) is 9.90 Å². The van der Waals surface area contributed by atoms with Crippen LogP contribution >= 0.6 is 0 Å². The van der Waals surface area contributed by atoms with Crippen LogP contribution in [0.5, 0.6) is 0 Å². The van der Waals surface area contributed by atoms with Gasteiger partial charge in [-0.2, -0.15) is 10.2 Å². The maximum atomic E-state index is 12.0. The zero-order valence-electron chi connectivity index (χ0n) is 15.1. The molecule has 0 saturated heterocycles. The molecule has 1 amide bonds. The standard InChI is InChI=1S/C22H23N3O2/c1-2-3-14-22(24-25-22)15-13-21(27)23-16-20(26)19-11-9-18(10-12-19)17-7-5-4-6-8-17/h1,4-12,20,26H,3,13-16H2,(H,23,27). The fourth-order valence-corrected chi connectivity index (χ4v) is 2.93. The molecule has 5 heteroatoms. The van der Waals surface area contributed by atoms with Crippen LogP contribution in [0.1, 0.15) is 37.4 Å². The van der Waals surface area contributed by atoms with Gasteiger partial charge in [0.15, 0.2) is 5.66 Å². The minimum Gasteiger partial charge on any atom is -0.387 e. The minimum atomic E-state index is -0.746. The van der Waals surface area contributed by atoms with Gasteiger partial charge in [-0.15, -0.1) is 12.3 Å². The lowest BCUT2D eigenvalue weighted by atomic mass is 10.0. The van der Waals surface area contributed by atoms with E-state index in [0.29, 0.717) is 25.7 Å². The number of aliphatic hydroxyl groups excluding tert-OH is 1. The lowest BCUT2D eigenvalue weighted by molar-refractivity contribution is -0.121. The van der Waals surface area contributed by atoms with E-state index in [-0.39, 0.29) is 12.5 Å². The van der Waals surface area contributed by atoms with E-state index in [0.717, 1.165) is 16.7 Å². The number of carbonyl (C=O) groups excluding carboxylic acids is 1. The molecule has 1 heterocycles. The molecular weight excluding hydrogens is 338 g/mol. The lowest BCUT2D eigenvalue weighted by Crippen LogP contribution is -2.29. The SMILES string of the molecule is C#CCCC1(CCC(=O)NCC(O)c2ccc(-c3ccccc3)cc2)N=N1. The van der Waals surface area contributed by atoms with E-state index < -0.39 is 11.8 Å². The van der Waals surface area contributed by atoms with Crippen molar-refractivity contribution in [2.24, 2.45) is 10.2 Å². The van der Waals surface area contributed by atoms with Gasteiger partial charge in [0, 0.05) is 32.2 Å². The third-order valence-electron chi connectivity index (χ3n) is 4.70. The highest BCUT2D eigenvalue weighted by molar-refractivity contribution is 5.76. The molecular formula is C22H23N3O2. The number of nitrogens with one attached hydrogen (secondary N) is 1. The summed E-state index contributed by atoms with van der Waals surface area (Å²) in [5, 5.41) is 21.1. The molecule has 0 aliphatic carbocycles. The number of nitrogens with zero attached hydrogens (tertiary/aromatic N) is 2. The summed E-state index contributed by atoms with van der Waals surface area (Å²) in [5.74, 6) is 2.45. The minimum absolute atomic E-state index is 0.118. The largest absolute Gasteiger partial charge is 0.387 e. The van der Waals surface area contributed by atoms with E-state index in [1.807, 2.05) is 54.6 Å². The van der Waals surface area contributed by atoms with E-state index in [1.54, 1.807) is 0 Å². The van der Waals surface area contributed by atoms with Crippen LogP contribution in [0.2, 0.25) is 0 Å². The van der Waals surface area contributed by atoms with Crippen molar-refractivity contribution in [3.8, 4) is 23.5 Å². The Balaban J connectivity index is 1.44. The first-order valence-corrected chi connectivity index (χ1v) is 9.09. The molecule has 0 saturated carbocycles. The third-order valence-corrected chi connectivity index (χ3v) is 4.70. The first-order chi connectivity index (χ1) is 13.1. The Hall–Kier alpha value is -2.97. The third kappa shape index (κ3) is 5.25. The number of rotatable bonds is 9. The summed E-state index contributed by atoms with van der Waals surface area (Å²) in [7, 11) is 0. The first-order valence-electron chi connectivity index (χ1n) is 9.09. The van der Waals surface area contributed by atoms with Crippen LogP contribution in [0.3, 0.4) is 0 Å². The van der Waals surface area contributed by atoms with Gasteiger partial charge in [-0.05, 0) is 16.7 Å². The first kappa shape index (κ1) is 18.8. The lowest BCUT2D eigenvalue weighted by Gasteiger charge is -2.14. The van der Waals surface area contributed by atoms with Crippen molar-refractivity contribution in [2.75, 3.05) is 6.54 Å². The van der Waals surface area contributed by atoms with E-state index in [2.05, 4.69) is 21.5 Å². The average Bonchev–Trinajstić information content (AvgIpc) is 3.50. The number of amides is 1. The van der Waals surface area contributed by atoms with Crippen molar-refractivity contribution < 1.29 is 9.90 Å². The molecule has 0 aromatic heterocycles. The van der Waals surface area contributed by atoms with Crippen LogP contribution in [0.15, 0.2) is 64.8 Å². The van der Waals surface area contributed by atoms with Gasteiger partial charge in [-0.1, -0.05) is 54.6 Å². The molecule has 2 aromatic rings. The Morgan fingerprint density at radius 1 is 1.07 bits per heavy atom. The molecule has 2 aromatic carbocycles. The summed E-state index contributed by atoms with van der Waals surface area (Å²) in [5.41, 5.74) is 2.54. The van der Waals surface area contributed by atoms with E-state index in [4.69, 9.17) is 6.42 Å². The topological polar surface area (TPSA) is 74.0 Å². The number of aliphatic hydroxyl groups is 1. The predicted octanol–water partition coefficient (Wildman–Crippen LogP) is 3.86. The highest BCUT2D eigenvalue weighted by Gasteiger charge is 2.39. The molecule has 2 N–H and O–H groups in total. The fraction of sp³-hybridized carbons (Fsp3) is 0.318. The molecule has 1 aliphatic heterocycles. The molecule has 1 unspecified atom stereocenters. The van der Waals surface area contributed by atoms with Crippen molar-refractivity contribution in [3.05, 3.63) is 60.2 Å². The van der Waals surface area contributed by atoms with Crippen LogP contribution in [-0.2, 0) is 4.79 Å². The Morgan fingerprint density at radius 3 is 2.37 bits per heavy atom. The van der Waals surface area contributed by atoms with Gasteiger partial charge in [0.1, 0.15) is 0 Å². The second kappa shape index (κ2) is 8.61. The van der Waals surface area contributed by atoms with Crippen molar-refractivity contribution in [1.82, 2.24) is 5.32 Å². The Morgan fingerprint density at radius 2 is 1.74 bits per heavy atom. The number of hydrogen-bond donors (Lipinski definition) is 2. The molecule has 0 bridgehead atoms. The maximum Gasteiger partial charge on any atom is 0.220 e. The van der Waals surface area contributed by atoms with Crippen molar-refractivity contribution in [3.63, 3.8) is 0 Å². The highest BCUT2D eigenvalue weighted by atomic mass is 16.3.